The minimum absolute atomic E-state index is 0.0299. The van der Waals surface area contributed by atoms with E-state index in [1.54, 1.807) is 0 Å². The van der Waals surface area contributed by atoms with Crippen molar-refractivity contribution in [2.24, 2.45) is 5.92 Å². The van der Waals surface area contributed by atoms with Gasteiger partial charge in [-0.05, 0) is 33.1 Å². The zero-order valence-corrected chi connectivity index (χ0v) is 13.3. The van der Waals surface area contributed by atoms with Gasteiger partial charge >= 0.3 is 0 Å². The van der Waals surface area contributed by atoms with E-state index in [2.05, 4.69) is 10.5 Å². The van der Waals surface area contributed by atoms with Crippen LogP contribution in [0.2, 0.25) is 0 Å². The fourth-order valence-electron chi connectivity index (χ4n) is 2.91. The Labute approximate surface area is 130 Å². The molecule has 122 valence electrons. The first-order valence-electron chi connectivity index (χ1n) is 8.06. The van der Waals surface area contributed by atoms with E-state index in [4.69, 9.17) is 14.0 Å². The Morgan fingerprint density at radius 1 is 1.36 bits per heavy atom. The van der Waals surface area contributed by atoms with Crippen LogP contribution < -0.4 is 5.32 Å². The van der Waals surface area contributed by atoms with Gasteiger partial charge < -0.3 is 19.3 Å². The molecule has 2 heterocycles. The quantitative estimate of drug-likeness (QED) is 0.899. The molecular formula is C16H24N2O4. The predicted molar refractivity (Wildman–Crippen MR) is 79.3 cm³/mol. The fraction of sp³-hybridized carbons (Fsp3) is 0.750. The summed E-state index contributed by atoms with van der Waals surface area (Å²) in [6.45, 7) is 5.40. The van der Waals surface area contributed by atoms with Crippen LogP contribution in [0.25, 0.3) is 0 Å². The molecule has 2 aliphatic rings. The minimum Gasteiger partial charge on any atom is -0.379 e. The van der Waals surface area contributed by atoms with Crippen LogP contribution in [0.1, 0.15) is 42.7 Å². The maximum Gasteiger partial charge on any atom is 0.223 e. The molecule has 0 aromatic carbocycles. The van der Waals surface area contributed by atoms with Gasteiger partial charge in [0.25, 0.3) is 0 Å². The maximum atomic E-state index is 12.1. The number of hydrogen-bond acceptors (Lipinski definition) is 5. The van der Waals surface area contributed by atoms with Gasteiger partial charge in [-0.15, -0.1) is 0 Å². The SMILES string of the molecule is Cc1noc(C)c1COC1COCCC1NC(=O)C1CCC1. The summed E-state index contributed by atoms with van der Waals surface area (Å²) in [6.07, 6.45) is 3.87. The molecule has 1 aliphatic carbocycles. The van der Waals surface area contributed by atoms with Crippen molar-refractivity contribution >= 4 is 5.91 Å². The topological polar surface area (TPSA) is 73.6 Å². The van der Waals surface area contributed by atoms with Gasteiger partial charge in [0, 0.05) is 18.1 Å². The molecule has 1 aromatic heterocycles. The van der Waals surface area contributed by atoms with Crippen LogP contribution in [-0.4, -0.2) is 36.4 Å². The first-order valence-corrected chi connectivity index (χ1v) is 8.06. The fourth-order valence-corrected chi connectivity index (χ4v) is 2.91. The van der Waals surface area contributed by atoms with Gasteiger partial charge in [-0.3, -0.25) is 4.79 Å². The highest BCUT2D eigenvalue weighted by Gasteiger charge is 2.32. The summed E-state index contributed by atoms with van der Waals surface area (Å²) in [4.78, 5) is 12.1. The molecule has 1 aromatic rings. The van der Waals surface area contributed by atoms with Crippen molar-refractivity contribution < 1.29 is 18.8 Å². The predicted octanol–water partition coefficient (Wildman–Crippen LogP) is 1.88. The molecule has 2 atom stereocenters. The van der Waals surface area contributed by atoms with Crippen LogP contribution in [0, 0.1) is 19.8 Å². The van der Waals surface area contributed by atoms with Crippen molar-refractivity contribution in [1.29, 1.82) is 0 Å². The molecule has 3 rings (SSSR count). The maximum absolute atomic E-state index is 12.1. The lowest BCUT2D eigenvalue weighted by Gasteiger charge is -2.34. The molecule has 2 unspecified atom stereocenters. The average molecular weight is 308 g/mol. The standard InChI is InChI=1S/C16H24N2O4/c1-10-13(11(2)22-18-10)8-21-15-9-20-7-6-14(15)17-16(19)12-4-3-5-12/h12,14-15H,3-9H2,1-2H3,(H,17,19). The number of aryl methyl sites for hydroxylation is 2. The van der Waals surface area contributed by atoms with Gasteiger partial charge in [-0.25, -0.2) is 0 Å². The molecule has 1 amide bonds. The molecule has 1 aliphatic heterocycles. The van der Waals surface area contributed by atoms with E-state index in [9.17, 15) is 4.79 Å². The number of ether oxygens (including phenoxy) is 2. The third kappa shape index (κ3) is 3.33. The zero-order chi connectivity index (χ0) is 15.5. The third-order valence-electron chi connectivity index (χ3n) is 4.73. The first-order chi connectivity index (χ1) is 10.6. The molecular weight excluding hydrogens is 284 g/mol. The van der Waals surface area contributed by atoms with E-state index in [1.807, 2.05) is 13.8 Å². The molecule has 0 bridgehead atoms. The van der Waals surface area contributed by atoms with Crippen LogP contribution in [0.4, 0.5) is 0 Å². The highest BCUT2D eigenvalue weighted by Crippen LogP contribution is 2.27. The third-order valence-corrected chi connectivity index (χ3v) is 4.73. The van der Waals surface area contributed by atoms with Crippen LogP contribution in [0.3, 0.4) is 0 Å². The van der Waals surface area contributed by atoms with Crippen molar-refractivity contribution in [3.8, 4) is 0 Å². The highest BCUT2D eigenvalue weighted by molar-refractivity contribution is 5.79. The number of nitrogens with one attached hydrogen (secondary N) is 1. The molecule has 6 nitrogen and oxygen atoms in total. The van der Waals surface area contributed by atoms with Crippen LogP contribution in [-0.2, 0) is 20.9 Å². The van der Waals surface area contributed by atoms with E-state index in [-0.39, 0.29) is 24.0 Å². The Kier molecular flexibility index (Phi) is 4.78. The van der Waals surface area contributed by atoms with Crippen LogP contribution >= 0.6 is 0 Å². The summed E-state index contributed by atoms with van der Waals surface area (Å²) in [7, 11) is 0. The Morgan fingerprint density at radius 2 is 2.18 bits per heavy atom. The summed E-state index contributed by atoms with van der Waals surface area (Å²) in [5, 5.41) is 7.08. The van der Waals surface area contributed by atoms with Crippen molar-refractivity contribution in [2.75, 3.05) is 13.2 Å². The Morgan fingerprint density at radius 3 is 2.82 bits per heavy atom. The van der Waals surface area contributed by atoms with E-state index >= 15 is 0 Å². The number of carbonyl (C=O) groups is 1. The molecule has 0 radical (unpaired) electrons. The van der Waals surface area contributed by atoms with Gasteiger partial charge in [-0.1, -0.05) is 11.6 Å². The first kappa shape index (κ1) is 15.5. The van der Waals surface area contributed by atoms with Crippen LogP contribution in [0.15, 0.2) is 4.52 Å². The average Bonchev–Trinajstić information content (AvgIpc) is 2.75. The second kappa shape index (κ2) is 6.79. The summed E-state index contributed by atoms with van der Waals surface area (Å²) in [5.74, 6) is 1.15. The van der Waals surface area contributed by atoms with Gasteiger partial charge in [0.1, 0.15) is 11.9 Å². The molecule has 1 saturated heterocycles. The lowest BCUT2D eigenvalue weighted by atomic mass is 9.84. The second-order valence-electron chi connectivity index (χ2n) is 6.26. The van der Waals surface area contributed by atoms with Gasteiger partial charge in [0.05, 0.1) is 24.9 Å². The van der Waals surface area contributed by atoms with Gasteiger partial charge in [-0.2, -0.15) is 0 Å². The van der Waals surface area contributed by atoms with Gasteiger partial charge in [0.15, 0.2) is 0 Å². The lowest BCUT2D eigenvalue weighted by molar-refractivity contribution is -0.132. The number of rotatable bonds is 5. The molecule has 22 heavy (non-hydrogen) atoms. The number of nitrogens with zero attached hydrogens (tertiary/aromatic N) is 1. The lowest BCUT2D eigenvalue weighted by Crippen LogP contribution is -2.52. The Bertz CT molecular complexity index is 505. The van der Waals surface area contributed by atoms with E-state index in [0.29, 0.717) is 19.8 Å². The molecule has 2 fully saturated rings. The molecule has 0 spiro atoms. The van der Waals surface area contributed by atoms with Gasteiger partial charge in [0.2, 0.25) is 5.91 Å². The molecule has 6 heteroatoms. The zero-order valence-electron chi connectivity index (χ0n) is 13.3. The minimum atomic E-state index is -0.119. The van der Waals surface area contributed by atoms with E-state index < -0.39 is 0 Å². The number of amides is 1. The Balaban J connectivity index is 1.56. The van der Waals surface area contributed by atoms with E-state index in [0.717, 1.165) is 42.7 Å². The largest absolute Gasteiger partial charge is 0.379 e. The summed E-state index contributed by atoms with van der Waals surface area (Å²) >= 11 is 0. The van der Waals surface area contributed by atoms with Crippen molar-refractivity contribution in [2.45, 2.75) is 58.3 Å². The number of carbonyl (C=O) groups excluding carboxylic acids is 1. The van der Waals surface area contributed by atoms with E-state index in [1.165, 1.54) is 0 Å². The monoisotopic (exact) mass is 308 g/mol. The van der Waals surface area contributed by atoms with Crippen molar-refractivity contribution in [3.63, 3.8) is 0 Å². The summed E-state index contributed by atoms with van der Waals surface area (Å²) in [6, 6.07) is 0.0299. The highest BCUT2D eigenvalue weighted by atomic mass is 16.5. The van der Waals surface area contributed by atoms with Crippen LogP contribution in [0.5, 0.6) is 0 Å². The molecule has 1 N–H and O–H groups in total. The molecule has 1 saturated carbocycles. The van der Waals surface area contributed by atoms with Crippen molar-refractivity contribution in [3.05, 3.63) is 17.0 Å². The number of hydrogen-bond donors (Lipinski definition) is 1. The summed E-state index contributed by atoms with van der Waals surface area (Å²) < 4.78 is 16.7. The van der Waals surface area contributed by atoms with Crippen molar-refractivity contribution in [1.82, 2.24) is 10.5 Å². The smallest absolute Gasteiger partial charge is 0.223 e. The number of aromatic nitrogens is 1. The normalized spacial score (nSPS) is 25.7. The summed E-state index contributed by atoms with van der Waals surface area (Å²) in [5.41, 5.74) is 1.83. The Hall–Kier alpha value is -1.40. The second-order valence-corrected chi connectivity index (χ2v) is 6.26.